The van der Waals surface area contributed by atoms with Crippen LogP contribution in [0.15, 0.2) is 78.6 Å². The number of non-ortho nitro benzene ring substituents is 1. The smallest absolute Gasteiger partial charge is 0.295 e. The van der Waals surface area contributed by atoms with Crippen LogP contribution in [0.4, 0.5) is 10.1 Å². The summed E-state index contributed by atoms with van der Waals surface area (Å²) in [7, 11) is 0. The van der Waals surface area contributed by atoms with Crippen LogP contribution < -0.4 is 0 Å². The number of aromatic nitrogens is 1. The summed E-state index contributed by atoms with van der Waals surface area (Å²) < 4.78 is 14.8. The number of carbonyl (C=O) groups excluding carboxylic acids is 2. The van der Waals surface area contributed by atoms with Crippen LogP contribution in [0.5, 0.6) is 0 Å². The number of Topliss-reactive ketones (excluding diaryl/α,β-unsaturated/α-hetero) is 1. The predicted octanol–water partition coefficient (Wildman–Crippen LogP) is 3.75. The second kappa shape index (κ2) is 8.38. The first-order valence-corrected chi connectivity index (χ1v) is 9.55. The molecule has 3 aromatic rings. The van der Waals surface area contributed by atoms with Crippen molar-refractivity contribution in [2.75, 3.05) is 0 Å². The van der Waals surface area contributed by atoms with Gasteiger partial charge >= 0.3 is 0 Å². The highest BCUT2D eigenvalue weighted by Gasteiger charge is 2.47. The Hall–Kier alpha value is -4.40. The molecule has 0 spiro atoms. The Labute approximate surface area is 181 Å². The number of aliphatic hydroxyl groups excluding tert-OH is 1. The molecular weight excluding hydrogens is 417 g/mol. The molecule has 160 valence electrons. The number of ketones is 1. The number of aliphatic hydroxyl groups is 1. The summed E-state index contributed by atoms with van der Waals surface area (Å²) in [5.74, 6) is -3.21. The average molecular weight is 433 g/mol. The number of hydrogen-bond donors (Lipinski definition) is 1. The first-order valence-electron chi connectivity index (χ1n) is 9.55. The number of rotatable bonds is 5. The minimum Gasteiger partial charge on any atom is -0.507 e. The van der Waals surface area contributed by atoms with Gasteiger partial charge in [-0.25, -0.2) is 4.39 Å². The van der Waals surface area contributed by atoms with Crippen molar-refractivity contribution < 1.29 is 24.0 Å². The summed E-state index contributed by atoms with van der Waals surface area (Å²) in [5, 5.41) is 22.1. The van der Waals surface area contributed by atoms with Gasteiger partial charge in [0.25, 0.3) is 17.4 Å². The zero-order valence-corrected chi connectivity index (χ0v) is 16.5. The number of nitrogens with zero attached hydrogens (tertiary/aromatic N) is 3. The van der Waals surface area contributed by atoms with E-state index in [1.54, 1.807) is 24.4 Å². The lowest BCUT2D eigenvalue weighted by atomic mass is 9.94. The largest absolute Gasteiger partial charge is 0.507 e. The van der Waals surface area contributed by atoms with Crippen LogP contribution in [0.3, 0.4) is 0 Å². The monoisotopic (exact) mass is 433 g/mol. The van der Waals surface area contributed by atoms with Gasteiger partial charge in [-0.1, -0.05) is 36.4 Å². The maximum Gasteiger partial charge on any atom is 0.295 e. The quantitative estimate of drug-likeness (QED) is 0.216. The molecule has 1 unspecified atom stereocenters. The normalized spacial score (nSPS) is 17.5. The topological polar surface area (TPSA) is 114 Å². The van der Waals surface area contributed by atoms with Crippen molar-refractivity contribution in [2.24, 2.45) is 0 Å². The van der Waals surface area contributed by atoms with Gasteiger partial charge in [-0.15, -0.1) is 0 Å². The first kappa shape index (κ1) is 20.9. The number of nitro benzene ring substituents is 1. The molecule has 1 aromatic heterocycles. The van der Waals surface area contributed by atoms with E-state index in [2.05, 4.69) is 4.98 Å². The van der Waals surface area contributed by atoms with Crippen LogP contribution in [0.1, 0.15) is 22.7 Å². The molecule has 0 radical (unpaired) electrons. The molecule has 1 fully saturated rings. The van der Waals surface area contributed by atoms with Crippen LogP contribution in [-0.4, -0.2) is 31.6 Å². The van der Waals surface area contributed by atoms with Crippen molar-refractivity contribution in [3.8, 4) is 0 Å². The maximum atomic E-state index is 14.8. The molecule has 2 aromatic carbocycles. The number of hydrogen-bond acceptors (Lipinski definition) is 6. The predicted molar refractivity (Wildman–Crippen MR) is 112 cm³/mol. The Morgan fingerprint density at radius 1 is 1.12 bits per heavy atom. The van der Waals surface area contributed by atoms with Gasteiger partial charge in [-0.3, -0.25) is 24.7 Å². The second-order valence-corrected chi connectivity index (χ2v) is 7.12. The van der Waals surface area contributed by atoms with Gasteiger partial charge in [-0.2, -0.15) is 0 Å². The average Bonchev–Trinajstić information content (AvgIpc) is 3.04. The summed E-state index contributed by atoms with van der Waals surface area (Å²) in [6.07, 6.45) is 3.06. The van der Waals surface area contributed by atoms with Gasteiger partial charge in [0, 0.05) is 42.2 Å². The van der Waals surface area contributed by atoms with Crippen LogP contribution in [0, 0.1) is 15.9 Å². The van der Waals surface area contributed by atoms with E-state index in [9.17, 15) is 29.2 Å². The van der Waals surface area contributed by atoms with Crippen molar-refractivity contribution in [3.63, 3.8) is 0 Å². The molecule has 1 N–H and O–H groups in total. The van der Waals surface area contributed by atoms with E-state index in [0.717, 1.165) is 11.0 Å². The van der Waals surface area contributed by atoms with E-state index >= 15 is 0 Å². The lowest BCUT2D eigenvalue weighted by Gasteiger charge is -2.25. The van der Waals surface area contributed by atoms with E-state index < -0.39 is 34.2 Å². The second-order valence-electron chi connectivity index (χ2n) is 7.12. The molecule has 1 amide bonds. The molecule has 1 aliphatic rings. The summed E-state index contributed by atoms with van der Waals surface area (Å²) in [5.41, 5.74) is -0.0564. The van der Waals surface area contributed by atoms with Crippen molar-refractivity contribution in [3.05, 3.63) is 111 Å². The molecule has 0 aliphatic carbocycles. The van der Waals surface area contributed by atoms with Crippen molar-refractivity contribution in [1.29, 1.82) is 0 Å². The van der Waals surface area contributed by atoms with Crippen LogP contribution in [0.2, 0.25) is 0 Å². The Kier molecular flexibility index (Phi) is 5.46. The molecule has 1 atom stereocenters. The van der Waals surface area contributed by atoms with Gasteiger partial charge in [0.05, 0.1) is 16.5 Å². The van der Waals surface area contributed by atoms with E-state index in [4.69, 9.17) is 0 Å². The van der Waals surface area contributed by atoms with Crippen LogP contribution >= 0.6 is 0 Å². The van der Waals surface area contributed by atoms with Crippen LogP contribution in [-0.2, 0) is 16.1 Å². The fourth-order valence-corrected chi connectivity index (χ4v) is 3.67. The van der Waals surface area contributed by atoms with Gasteiger partial charge in [0.15, 0.2) is 0 Å². The third-order valence-electron chi connectivity index (χ3n) is 5.15. The number of pyridine rings is 1. The summed E-state index contributed by atoms with van der Waals surface area (Å²) in [4.78, 5) is 41.5. The molecule has 1 saturated heterocycles. The Bertz CT molecular complexity index is 1260. The van der Waals surface area contributed by atoms with Crippen LogP contribution in [0.25, 0.3) is 5.76 Å². The highest BCUT2D eigenvalue weighted by molar-refractivity contribution is 6.46. The van der Waals surface area contributed by atoms with Gasteiger partial charge < -0.3 is 10.0 Å². The zero-order chi connectivity index (χ0) is 22.8. The highest BCUT2D eigenvalue weighted by Crippen LogP contribution is 2.41. The number of halogens is 1. The molecule has 8 nitrogen and oxygen atoms in total. The summed E-state index contributed by atoms with van der Waals surface area (Å²) in [6.45, 7) is -0.0524. The first-order chi connectivity index (χ1) is 15.4. The molecular formula is C23H16FN3O5. The Morgan fingerprint density at radius 3 is 2.59 bits per heavy atom. The standard InChI is InChI=1S/C23H16FN3O5/c24-18-9-2-1-8-17(18)20-19(21(28)15-6-3-7-16(11-15)27(31)32)22(29)23(30)26(20)13-14-5-4-10-25-12-14/h1-12,20,28H,13H2/b21-19+. The lowest BCUT2D eigenvalue weighted by Crippen LogP contribution is -2.29. The lowest BCUT2D eigenvalue weighted by molar-refractivity contribution is -0.384. The summed E-state index contributed by atoms with van der Waals surface area (Å²) in [6, 6.07) is 12.8. The van der Waals surface area contributed by atoms with Crippen molar-refractivity contribution in [1.82, 2.24) is 9.88 Å². The zero-order valence-electron chi connectivity index (χ0n) is 16.5. The molecule has 32 heavy (non-hydrogen) atoms. The van der Waals surface area contributed by atoms with E-state index in [0.29, 0.717) is 5.56 Å². The van der Waals surface area contributed by atoms with E-state index in [1.165, 1.54) is 42.6 Å². The van der Waals surface area contributed by atoms with E-state index in [1.807, 2.05) is 0 Å². The van der Waals surface area contributed by atoms with Gasteiger partial charge in [-0.05, 0) is 17.7 Å². The Balaban J connectivity index is 1.90. The minimum atomic E-state index is -1.23. The number of amides is 1. The number of carbonyl (C=O) groups is 2. The number of nitro groups is 1. The Morgan fingerprint density at radius 2 is 1.91 bits per heavy atom. The SMILES string of the molecule is O=C1C(=O)N(Cc2cccnc2)C(c2ccccc2F)/C1=C(\O)c1cccc([N+](=O)[O-])c1. The fraction of sp³-hybridized carbons (Fsp3) is 0.0870. The molecule has 4 rings (SSSR count). The van der Waals surface area contributed by atoms with Gasteiger partial charge in [0.1, 0.15) is 11.6 Å². The molecule has 0 bridgehead atoms. The van der Waals surface area contributed by atoms with Gasteiger partial charge in [0.2, 0.25) is 0 Å². The van der Waals surface area contributed by atoms with Crippen molar-refractivity contribution in [2.45, 2.75) is 12.6 Å². The summed E-state index contributed by atoms with van der Waals surface area (Å²) >= 11 is 0. The molecule has 9 heteroatoms. The highest BCUT2D eigenvalue weighted by atomic mass is 19.1. The van der Waals surface area contributed by atoms with E-state index in [-0.39, 0.29) is 28.9 Å². The fourth-order valence-electron chi connectivity index (χ4n) is 3.67. The third-order valence-corrected chi connectivity index (χ3v) is 5.15. The van der Waals surface area contributed by atoms with Crippen molar-refractivity contribution >= 4 is 23.1 Å². The molecule has 2 heterocycles. The molecule has 0 saturated carbocycles. The number of likely N-dealkylation sites (tertiary alicyclic amines) is 1. The minimum absolute atomic E-state index is 0.0163. The third kappa shape index (κ3) is 3.71. The molecule has 1 aliphatic heterocycles. The number of benzene rings is 2. The maximum absolute atomic E-state index is 14.8.